The number of rotatable bonds is 4. The molecule has 0 heterocycles. The van der Waals surface area contributed by atoms with Gasteiger partial charge in [-0.2, -0.15) is 0 Å². The normalized spacial score (nSPS) is 13.0. The van der Waals surface area contributed by atoms with Crippen molar-refractivity contribution in [3.05, 3.63) is 48.0 Å². The molecule has 0 aliphatic rings. The van der Waals surface area contributed by atoms with Crippen LogP contribution in [0.25, 0.3) is 0 Å². The van der Waals surface area contributed by atoms with Crippen molar-refractivity contribution in [2.75, 3.05) is 0 Å². The highest BCUT2D eigenvalue weighted by atomic mass is 16.3. The van der Waals surface area contributed by atoms with Crippen molar-refractivity contribution in [1.29, 1.82) is 0 Å². The van der Waals surface area contributed by atoms with Crippen LogP contribution in [0.4, 0.5) is 0 Å². The summed E-state index contributed by atoms with van der Waals surface area (Å²) in [5.74, 6) is -0.0313. The van der Waals surface area contributed by atoms with Crippen molar-refractivity contribution in [3.63, 3.8) is 0 Å². The summed E-state index contributed by atoms with van der Waals surface area (Å²) >= 11 is 0. The first-order chi connectivity index (χ1) is 6.74. The first-order valence-corrected chi connectivity index (χ1v) is 4.63. The van der Waals surface area contributed by atoms with Gasteiger partial charge in [0.1, 0.15) is 0 Å². The Hall–Kier alpha value is -1.41. The van der Waals surface area contributed by atoms with E-state index in [1.54, 1.807) is 24.3 Å². The number of ketones is 1. The molecule has 0 aromatic heterocycles. The molecule has 2 heteroatoms. The predicted octanol–water partition coefficient (Wildman–Crippen LogP) is 2.20. The van der Waals surface area contributed by atoms with Gasteiger partial charge in [-0.15, -0.1) is 0 Å². The summed E-state index contributed by atoms with van der Waals surface area (Å²) in [6.45, 7) is 1.82. The number of benzene rings is 1. The number of carbonyl (C=O) groups excluding carboxylic acids is 1. The molecule has 14 heavy (non-hydrogen) atoms. The molecule has 1 atom stereocenters. The number of Topliss-reactive ketones (excluding diaryl/α,β-unsaturated/α-hetero) is 1. The van der Waals surface area contributed by atoms with Crippen LogP contribution in [0, 0.1) is 0 Å². The van der Waals surface area contributed by atoms with Crippen molar-refractivity contribution < 1.29 is 9.90 Å². The maximum absolute atomic E-state index is 11.5. The summed E-state index contributed by atoms with van der Waals surface area (Å²) in [6, 6.07) is 9.00. The molecule has 1 aromatic rings. The van der Waals surface area contributed by atoms with E-state index in [1.807, 2.05) is 25.1 Å². The predicted molar refractivity (Wildman–Crippen MR) is 56.2 cm³/mol. The first kappa shape index (κ1) is 10.7. The van der Waals surface area contributed by atoms with E-state index in [1.165, 1.54) is 0 Å². The second-order valence-corrected chi connectivity index (χ2v) is 3.09. The lowest BCUT2D eigenvalue weighted by Crippen LogP contribution is -2.10. The highest BCUT2D eigenvalue weighted by molar-refractivity contribution is 5.96. The summed E-state index contributed by atoms with van der Waals surface area (Å²) in [4.78, 5) is 11.5. The number of aliphatic hydroxyl groups excluding tert-OH is 1. The fourth-order valence-electron chi connectivity index (χ4n) is 1.22. The molecule has 0 aliphatic heterocycles. The van der Waals surface area contributed by atoms with Crippen molar-refractivity contribution in [2.24, 2.45) is 0 Å². The van der Waals surface area contributed by atoms with Crippen molar-refractivity contribution in [1.82, 2.24) is 0 Å². The number of aliphatic hydroxyl groups is 1. The largest absolute Gasteiger partial charge is 0.389 e. The van der Waals surface area contributed by atoms with E-state index in [0.29, 0.717) is 5.56 Å². The van der Waals surface area contributed by atoms with Gasteiger partial charge in [0.25, 0.3) is 0 Å². The van der Waals surface area contributed by atoms with Crippen molar-refractivity contribution in [2.45, 2.75) is 19.4 Å². The molecule has 0 saturated heterocycles. The molecule has 0 fully saturated rings. The Bertz CT molecular complexity index is 314. The van der Waals surface area contributed by atoms with Gasteiger partial charge in [0.05, 0.1) is 6.10 Å². The summed E-state index contributed by atoms with van der Waals surface area (Å²) in [7, 11) is 0. The van der Waals surface area contributed by atoms with E-state index in [2.05, 4.69) is 0 Å². The van der Waals surface area contributed by atoms with Crippen LogP contribution >= 0.6 is 0 Å². The zero-order chi connectivity index (χ0) is 10.4. The monoisotopic (exact) mass is 190 g/mol. The average molecular weight is 190 g/mol. The smallest absolute Gasteiger partial charge is 0.165 e. The fraction of sp³-hybridized carbons (Fsp3) is 0.250. The molecule has 1 aromatic carbocycles. The third kappa shape index (κ3) is 3.15. The third-order valence-electron chi connectivity index (χ3n) is 1.90. The Kier molecular flexibility index (Phi) is 4.08. The second kappa shape index (κ2) is 5.35. The zero-order valence-corrected chi connectivity index (χ0v) is 8.18. The molecule has 2 nitrogen and oxygen atoms in total. The molecule has 1 N–H and O–H groups in total. The Morgan fingerprint density at radius 2 is 2.07 bits per heavy atom. The van der Waals surface area contributed by atoms with Crippen LogP contribution in [0.1, 0.15) is 23.7 Å². The maximum atomic E-state index is 11.5. The minimum absolute atomic E-state index is 0.0313. The first-order valence-electron chi connectivity index (χ1n) is 4.63. The van der Waals surface area contributed by atoms with E-state index < -0.39 is 6.10 Å². The molecular formula is C12H14O2. The van der Waals surface area contributed by atoms with Crippen LogP contribution < -0.4 is 0 Å². The van der Waals surface area contributed by atoms with Gasteiger partial charge in [0.15, 0.2) is 5.78 Å². The highest BCUT2D eigenvalue weighted by Gasteiger charge is 2.09. The number of allylic oxidation sites excluding steroid dienone is 1. The average Bonchev–Trinajstić information content (AvgIpc) is 2.19. The molecule has 0 spiro atoms. The molecule has 0 aliphatic carbocycles. The minimum Gasteiger partial charge on any atom is -0.389 e. The summed E-state index contributed by atoms with van der Waals surface area (Å²) in [5, 5.41) is 9.37. The van der Waals surface area contributed by atoms with Gasteiger partial charge in [-0.1, -0.05) is 42.5 Å². The Morgan fingerprint density at radius 1 is 1.43 bits per heavy atom. The lowest BCUT2D eigenvalue weighted by atomic mass is 10.1. The Balaban J connectivity index is 2.59. The molecule has 0 bridgehead atoms. The van der Waals surface area contributed by atoms with Crippen LogP contribution in [-0.2, 0) is 0 Å². The second-order valence-electron chi connectivity index (χ2n) is 3.09. The zero-order valence-electron chi connectivity index (χ0n) is 8.18. The van der Waals surface area contributed by atoms with E-state index >= 15 is 0 Å². The maximum Gasteiger partial charge on any atom is 0.165 e. The molecule has 0 amide bonds. The van der Waals surface area contributed by atoms with E-state index in [0.717, 1.165) is 0 Å². The molecule has 0 saturated carbocycles. The fourth-order valence-corrected chi connectivity index (χ4v) is 1.22. The van der Waals surface area contributed by atoms with Gasteiger partial charge < -0.3 is 5.11 Å². The van der Waals surface area contributed by atoms with E-state index in [-0.39, 0.29) is 12.2 Å². The summed E-state index contributed by atoms with van der Waals surface area (Å²) in [6.07, 6.45) is 2.82. The van der Waals surface area contributed by atoms with E-state index in [4.69, 9.17) is 0 Å². The number of hydrogen-bond acceptors (Lipinski definition) is 2. The van der Waals surface area contributed by atoms with Gasteiger partial charge in [0.2, 0.25) is 0 Å². The van der Waals surface area contributed by atoms with Crippen LogP contribution in [0.2, 0.25) is 0 Å². The van der Waals surface area contributed by atoms with Crippen LogP contribution in [0.15, 0.2) is 42.5 Å². The van der Waals surface area contributed by atoms with Gasteiger partial charge in [-0.05, 0) is 6.92 Å². The standard InChI is InChI=1S/C12H14O2/c1-2-6-11(13)9-12(14)10-7-4-3-5-8-10/h2-8,11,13H,9H2,1H3/b6-2+. The van der Waals surface area contributed by atoms with Crippen LogP contribution in [0.5, 0.6) is 0 Å². The van der Waals surface area contributed by atoms with E-state index in [9.17, 15) is 9.90 Å². The lowest BCUT2D eigenvalue weighted by molar-refractivity contribution is 0.0922. The quantitative estimate of drug-likeness (QED) is 0.583. The molecule has 74 valence electrons. The number of hydrogen-bond donors (Lipinski definition) is 1. The van der Waals surface area contributed by atoms with Crippen molar-refractivity contribution >= 4 is 5.78 Å². The van der Waals surface area contributed by atoms with Crippen LogP contribution in [-0.4, -0.2) is 17.0 Å². The van der Waals surface area contributed by atoms with Gasteiger partial charge in [-0.3, -0.25) is 4.79 Å². The molecule has 1 unspecified atom stereocenters. The van der Waals surface area contributed by atoms with Crippen molar-refractivity contribution in [3.8, 4) is 0 Å². The van der Waals surface area contributed by atoms with Crippen LogP contribution in [0.3, 0.4) is 0 Å². The number of carbonyl (C=O) groups is 1. The highest BCUT2D eigenvalue weighted by Crippen LogP contribution is 2.05. The molecule has 0 radical (unpaired) electrons. The topological polar surface area (TPSA) is 37.3 Å². The lowest BCUT2D eigenvalue weighted by Gasteiger charge is -2.03. The minimum atomic E-state index is -0.673. The molecular weight excluding hydrogens is 176 g/mol. The summed E-state index contributed by atoms with van der Waals surface area (Å²) in [5.41, 5.74) is 0.649. The Morgan fingerprint density at radius 3 is 2.64 bits per heavy atom. The van der Waals surface area contributed by atoms with Gasteiger partial charge in [0, 0.05) is 12.0 Å². The van der Waals surface area contributed by atoms with Gasteiger partial charge in [-0.25, -0.2) is 0 Å². The third-order valence-corrected chi connectivity index (χ3v) is 1.90. The Labute approximate surface area is 83.9 Å². The van der Waals surface area contributed by atoms with Gasteiger partial charge >= 0.3 is 0 Å². The molecule has 1 rings (SSSR count). The summed E-state index contributed by atoms with van der Waals surface area (Å²) < 4.78 is 0. The SMILES string of the molecule is C/C=C/C(O)CC(=O)c1ccccc1.